The summed E-state index contributed by atoms with van der Waals surface area (Å²) in [5, 5.41) is 0.546. The quantitative estimate of drug-likeness (QED) is 0.468. The molecule has 1 N–H and O–H groups in total. The molecule has 6 heteroatoms. The number of fused-ring (bicyclic) bond motifs is 2. The second-order valence-electron chi connectivity index (χ2n) is 7.68. The Morgan fingerprint density at radius 1 is 0.935 bits per heavy atom. The zero-order valence-electron chi connectivity index (χ0n) is 17.5. The molecule has 0 fully saturated rings. The first-order chi connectivity index (χ1) is 15.0. The molecule has 3 aromatic heterocycles. The summed E-state index contributed by atoms with van der Waals surface area (Å²) < 4.78 is 1.70. The predicted octanol–water partition coefficient (Wildman–Crippen LogP) is 4.75. The van der Waals surface area contributed by atoms with Gasteiger partial charge in [-0.2, -0.15) is 0 Å². The van der Waals surface area contributed by atoms with Gasteiger partial charge in [-0.05, 0) is 61.7 Å². The second-order valence-corrected chi connectivity index (χ2v) is 7.68. The molecule has 0 spiro atoms. The molecule has 0 radical (unpaired) electrons. The smallest absolute Gasteiger partial charge is 0.266 e. The van der Waals surface area contributed by atoms with Crippen molar-refractivity contribution in [2.24, 2.45) is 0 Å². The van der Waals surface area contributed by atoms with Crippen molar-refractivity contribution in [3.8, 4) is 5.69 Å². The van der Waals surface area contributed by atoms with Crippen LogP contribution in [0.4, 0.5) is 0 Å². The Morgan fingerprint density at radius 2 is 1.74 bits per heavy atom. The molecule has 31 heavy (non-hydrogen) atoms. The van der Waals surface area contributed by atoms with Gasteiger partial charge < -0.3 is 4.98 Å². The number of nitrogens with one attached hydrogen (secondary N) is 1. The molecule has 0 bridgehead atoms. The van der Waals surface area contributed by atoms with Crippen LogP contribution in [0, 0.1) is 20.8 Å². The summed E-state index contributed by atoms with van der Waals surface area (Å²) in [6.07, 6.45) is 7.09. The monoisotopic (exact) mass is 407 g/mol. The van der Waals surface area contributed by atoms with Crippen LogP contribution in [0.2, 0.25) is 0 Å². The first-order valence-corrected chi connectivity index (χ1v) is 10.1. The number of aromatic amines is 1. The van der Waals surface area contributed by atoms with Gasteiger partial charge in [-0.1, -0.05) is 30.3 Å². The maximum atomic E-state index is 13.5. The maximum Gasteiger partial charge on any atom is 0.266 e. The Morgan fingerprint density at radius 3 is 2.55 bits per heavy atom. The molecule has 0 saturated heterocycles. The van der Waals surface area contributed by atoms with Gasteiger partial charge in [0.15, 0.2) is 0 Å². The number of rotatable bonds is 3. The lowest BCUT2D eigenvalue weighted by Crippen LogP contribution is -2.24. The fourth-order valence-electron chi connectivity index (χ4n) is 3.97. The fourth-order valence-corrected chi connectivity index (χ4v) is 3.97. The van der Waals surface area contributed by atoms with E-state index in [1.54, 1.807) is 23.0 Å². The fraction of sp³-hybridized carbons (Fsp3) is 0.120. The summed E-state index contributed by atoms with van der Waals surface area (Å²) in [6.45, 7) is 5.95. The average molecular weight is 407 g/mol. The zero-order valence-corrected chi connectivity index (χ0v) is 17.5. The van der Waals surface area contributed by atoms with Crippen LogP contribution < -0.4 is 5.56 Å². The largest absolute Gasteiger partial charge is 0.342 e. The molecule has 2 aromatic carbocycles. The number of hydrogen-bond donors (Lipinski definition) is 1. The zero-order chi connectivity index (χ0) is 21.5. The Balaban J connectivity index is 1.73. The number of aryl methyl sites for hydroxylation is 3. The first kappa shape index (κ1) is 18.9. The van der Waals surface area contributed by atoms with Crippen LogP contribution in [0.15, 0.2) is 59.7 Å². The number of aromatic nitrogens is 5. The van der Waals surface area contributed by atoms with Gasteiger partial charge in [0.2, 0.25) is 0 Å². The molecule has 0 unspecified atom stereocenters. The molecule has 5 rings (SSSR count). The Bertz CT molecular complexity index is 1520. The van der Waals surface area contributed by atoms with Gasteiger partial charge in [-0.25, -0.2) is 9.97 Å². The Kier molecular flexibility index (Phi) is 4.47. The highest BCUT2D eigenvalue weighted by molar-refractivity contribution is 5.82. The number of nitrogens with zero attached hydrogens (tertiary/aromatic N) is 4. The normalized spacial score (nSPS) is 11.7. The van der Waals surface area contributed by atoms with E-state index in [0.717, 1.165) is 39.2 Å². The van der Waals surface area contributed by atoms with Crippen molar-refractivity contribution >= 4 is 34.1 Å². The van der Waals surface area contributed by atoms with Crippen molar-refractivity contribution in [3.63, 3.8) is 0 Å². The van der Waals surface area contributed by atoms with E-state index in [9.17, 15) is 4.79 Å². The summed E-state index contributed by atoms with van der Waals surface area (Å²) >= 11 is 0. The Labute approximate surface area is 179 Å². The SMILES string of the molecule is Cc1nc2ccc(/C=C/c3nc4cnccc4c(=O)n3-c3c(C)cccc3C)cc2[nH]1. The van der Waals surface area contributed by atoms with E-state index in [1.807, 2.05) is 69.3 Å². The van der Waals surface area contributed by atoms with Crippen LogP contribution in [0.3, 0.4) is 0 Å². The van der Waals surface area contributed by atoms with E-state index in [2.05, 4.69) is 15.0 Å². The second kappa shape index (κ2) is 7.32. The van der Waals surface area contributed by atoms with Crippen LogP contribution in [0.5, 0.6) is 0 Å². The third-order valence-electron chi connectivity index (χ3n) is 5.41. The van der Waals surface area contributed by atoms with Gasteiger partial charge in [0.05, 0.1) is 33.8 Å². The topological polar surface area (TPSA) is 76.5 Å². The number of hydrogen-bond acceptors (Lipinski definition) is 4. The molecule has 152 valence electrons. The highest BCUT2D eigenvalue weighted by atomic mass is 16.1. The molecule has 0 atom stereocenters. The number of pyridine rings is 1. The number of H-pyrrole nitrogens is 1. The first-order valence-electron chi connectivity index (χ1n) is 10.1. The van der Waals surface area contributed by atoms with Crippen LogP contribution in [0.25, 0.3) is 39.8 Å². The standard InChI is InChI=1S/C25H21N5O/c1-15-5-4-6-16(2)24(15)30-23(29-22-14-26-12-11-19(22)25(30)31)10-8-18-7-9-20-21(13-18)28-17(3)27-20/h4-14H,1-3H3,(H,27,28)/b10-8+. The van der Waals surface area contributed by atoms with E-state index in [4.69, 9.17) is 4.98 Å². The number of imidazole rings is 1. The highest BCUT2D eigenvalue weighted by Gasteiger charge is 2.14. The van der Waals surface area contributed by atoms with Crippen molar-refractivity contribution < 1.29 is 0 Å². The third-order valence-corrected chi connectivity index (χ3v) is 5.41. The minimum Gasteiger partial charge on any atom is -0.342 e. The lowest BCUT2D eigenvalue weighted by molar-refractivity contribution is 0.923. The molecule has 0 saturated carbocycles. The molecule has 5 aromatic rings. The van der Waals surface area contributed by atoms with Gasteiger partial charge in [-0.3, -0.25) is 14.3 Å². The predicted molar refractivity (Wildman–Crippen MR) is 124 cm³/mol. The minimum atomic E-state index is -0.107. The van der Waals surface area contributed by atoms with E-state index in [0.29, 0.717) is 16.7 Å². The highest BCUT2D eigenvalue weighted by Crippen LogP contribution is 2.22. The van der Waals surface area contributed by atoms with Crippen molar-refractivity contribution in [3.05, 3.63) is 93.6 Å². The molecule has 0 amide bonds. The molecule has 0 aliphatic heterocycles. The van der Waals surface area contributed by atoms with Crippen molar-refractivity contribution in [2.45, 2.75) is 20.8 Å². The molecule has 0 aliphatic rings. The third kappa shape index (κ3) is 3.32. The van der Waals surface area contributed by atoms with Gasteiger partial charge in [0.1, 0.15) is 11.6 Å². The van der Waals surface area contributed by atoms with Gasteiger partial charge in [-0.15, -0.1) is 0 Å². The molecular formula is C25H21N5O. The van der Waals surface area contributed by atoms with Gasteiger partial charge >= 0.3 is 0 Å². The number of para-hydroxylation sites is 1. The van der Waals surface area contributed by atoms with Crippen LogP contribution in [-0.2, 0) is 0 Å². The lowest BCUT2D eigenvalue weighted by atomic mass is 10.1. The average Bonchev–Trinajstić information content (AvgIpc) is 3.13. The summed E-state index contributed by atoms with van der Waals surface area (Å²) in [5.74, 6) is 1.44. The van der Waals surface area contributed by atoms with E-state index in [-0.39, 0.29) is 5.56 Å². The van der Waals surface area contributed by atoms with E-state index < -0.39 is 0 Å². The van der Waals surface area contributed by atoms with Crippen molar-refractivity contribution in [2.75, 3.05) is 0 Å². The molecule has 6 nitrogen and oxygen atoms in total. The number of benzene rings is 2. The van der Waals surface area contributed by atoms with Crippen LogP contribution in [-0.4, -0.2) is 24.5 Å². The van der Waals surface area contributed by atoms with Gasteiger partial charge in [0.25, 0.3) is 5.56 Å². The molecule has 3 heterocycles. The maximum absolute atomic E-state index is 13.5. The van der Waals surface area contributed by atoms with E-state index >= 15 is 0 Å². The van der Waals surface area contributed by atoms with Crippen molar-refractivity contribution in [1.29, 1.82) is 0 Å². The molecular weight excluding hydrogens is 386 g/mol. The lowest BCUT2D eigenvalue weighted by Gasteiger charge is -2.16. The summed E-state index contributed by atoms with van der Waals surface area (Å²) in [5.41, 5.74) is 6.25. The van der Waals surface area contributed by atoms with Crippen molar-refractivity contribution in [1.82, 2.24) is 24.5 Å². The Hall–Kier alpha value is -4.06. The minimum absolute atomic E-state index is 0.107. The van der Waals surface area contributed by atoms with Crippen LogP contribution in [0.1, 0.15) is 28.3 Å². The summed E-state index contributed by atoms with van der Waals surface area (Å²) in [4.78, 5) is 30.1. The van der Waals surface area contributed by atoms with Gasteiger partial charge in [0, 0.05) is 6.20 Å². The molecule has 0 aliphatic carbocycles. The van der Waals surface area contributed by atoms with Crippen LogP contribution >= 0.6 is 0 Å². The summed E-state index contributed by atoms with van der Waals surface area (Å²) in [6, 6.07) is 13.8. The summed E-state index contributed by atoms with van der Waals surface area (Å²) in [7, 11) is 0. The van der Waals surface area contributed by atoms with E-state index in [1.165, 1.54) is 0 Å².